The maximum Gasteiger partial charge on any atom is 0.277 e. The molecule has 2 aromatic carbocycles. The van der Waals surface area contributed by atoms with Crippen molar-refractivity contribution in [2.45, 2.75) is 26.3 Å². The quantitative estimate of drug-likeness (QED) is 0.542. The molecule has 0 aliphatic carbocycles. The molecule has 1 amide bonds. The van der Waals surface area contributed by atoms with Gasteiger partial charge in [-0.2, -0.15) is 5.10 Å². The number of rotatable bonds is 6. The van der Waals surface area contributed by atoms with Gasteiger partial charge in [0.15, 0.2) is 0 Å². The Morgan fingerprint density at radius 1 is 1.17 bits per heavy atom. The molecule has 0 fully saturated rings. The molecule has 0 saturated carbocycles. The van der Waals surface area contributed by atoms with Crippen LogP contribution in [0.1, 0.15) is 47.2 Å². The predicted octanol–water partition coefficient (Wildman–Crippen LogP) is 5.14. The van der Waals surface area contributed by atoms with Crippen LogP contribution in [0, 0.1) is 5.92 Å². The SMILES string of the molecule is COc1ccc(N2C(=O)c3[nH]nc(CC(C)C)c3C2c2ccccc2Br)c(OC)c1. The highest BCUT2D eigenvalue weighted by atomic mass is 79.9. The summed E-state index contributed by atoms with van der Waals surface area (Å²) >= 11 is 3.68. The van der Waals surface area contributed by atoms with Gasteiger partial charge in [0.2, 0.25) is 0 Å². The summed E-state index contributed by atoms with van der Waals surface area (Å²) in [6.45, 7) is 4.30. The van der Waals surface area contributed by atoms with Crippen molar-refractivity contribution in [1.82, 2.24) is 10.2 Å². The molecular formula is C23H24BrN3O3. The van der Waals surface area contributed by atoms with E-state index in [-0.39, 0.29) is 11.9 Å². The number of anilines is 1. The third kappa shape index (κ3) is 3.37. The number of carbonyl (C=O) groups excluding carboxylic acids is 1. The number of hydrogen-bond donors (Lipinski definition) is 1. The van der Waals surface area contributed by atoms with E-state index in [1.807, 2.05) is 36.4 Å². The summed E-state index contributed by atoms with van der Waals surface area (Å²) in [6.07, 6.45) is 0.785. The van der Waals surface area contributed by atoms with Gasteiger partial charge in [-0.15, -0.1) is 0 Å². The van der Waals surface area contributed by atoms with Crippen molar-refractivity contribution in [3.63, 3.8) is 0 Å². The molecule has 1 aliphatic rings. The van der Waals surface area contributed by atoms with Crippen LogP contribution in [0.5, 0.6) is 11.5 Å². The minimum Gasteiger partial charge on any atom is -0.497 e. The van der Waals surface area contributed by atoms with Gasteiger partial charge >= 0.3 is 0 Å². The van der Waals surface area contributed by atoms with Gasteiger partial charge in [-0.3, -0.25) is 14.8 Å². The Bertz CT molecular complexity index is 1090. The molecule has 1 aliphatic heterocycles. The highest BCUT2D eigenvalue weighted by molar-refractivity contribution is 9.10. The van der Waals surface area contributed by atoms with Gasteiger partial charge in [0, 0.05) is 16.1 Å². The number of nitrogens with zero attached hydrogens (tertiary/aromatic N) is 2. The van der Waals surface area contributed by atoms with Crippen molar-refractivity contribution in [3.05, 3.63) is 69.5 Å². The van der Waals surface area contributed by atoms with Crippen LogP contribution in [0.3, 0.4) is 0 Å². The number of halogens is 1. The number of amides is 1. The van der Waals surface area contributed by atoms with Crippen LogP contribution in [0.15, 0.2) is 46.9 Å². The standard InChI is InChI=1S/C23H24BrN3O3/c1-13(2)11-17-20-21(26-25-17)23(28)27(22(20)15-7-5-6-8-16(15)24)18-10-9-14(29-3)12-19(18)30-4/h5-10,12-13,22H,11H2,1-4H3,(H,25,26). The van der Waals surface area contributed by atoms with Crippen LogP contribution in [0.25, 0.3) is 0 Å². The summed E-state index contributed by atoms with van der Waals surface area (Å²) in [5.41, 5.74) is 4.06. The van der Waals surface area contributed by atoms with Gasteiger partial charge in [-0.1, -0.05) is 48.0 Å². The fourth-order valence-electron chi connectivity index (χ4n) is 3.98. The van der Waals surface area contributed by atoms with Gasteiger partial charge in [-0.05, 0) is 36.1 Å². The lowest BCUT2D eigenvalue weighted by Crippen LogP contribution is -2.30. The first-order valence-electron chi connectivity index (χ1n) is 9.83. The van der Waals surface area contributed by atoms with Crippen molar-refractivity contribution >= 4 is 27.5 Å². The first-order valence-corrected chi connectivity index (χ1v) is 10.6. The van der Waals surface area contributed by atoms with E-state index in [0.29, 0.717) is 28.8 Å². The first kappa shape index (κ1) is 20.5. The van der Waals surface area contributed by atoms with E-state index >= 15 is 0 Å². The number of aromatic amines is 1. The molecule has 0 saturated heterocycles. The highest BCUT2D eigenvalue weighted by Gasteiger charge is 2.44. The number of carbonyl (C=O) groups is 1. The van der Waals surface area contributed by atoms with Crippen LogP contribution in [-0.2, 0) is 6.42 Å². The smallest absolute Gasteiger partial charge is 0.277 e. The van der Waals surface area contributed by atoms with E-state index in [1.165, 1.54) is 0 Å². The Hall–Kier alpha value is -2.80. The van der Waals surface area contributed by atoms with E-state index in [4.69, 9.17) is 9.47 Å². The monoisotopic (exact) mass is 469 g/mol. The molecule has 1 aromatic heterocycles. The van der Waals surface area contributed by atoms with Gasteiger partial charge in [0.25, 0.3) is 5.91 Å². The summed E-state index contributed by atoms with van der Waals surface area (Å²) in [7, 11) is 3.20. The Morgan fingerprint density at radius 3 is 2.60 bits per heavy atom. The Kier molecular flexibility index (Phi) is 5.56. The van der Waals surface area contributed by atoms with Crippen molar-refractivity contribution in [2.75, 3.05) is 19.1 Å². The molecule has 1 atom stereocenters. The van der Waals surface area contributed by atoms with E-state index in [1.54, 1.807) is 25.2 Å². The lowest BCUT2D eigenvalue weighted by atomic mass is 9.95. The normalized spacial score (nSPS) is 15.6. The number of fused-ring (bicyclic) bond motifs is 1. The molecule has 2 heterocycles. The zero-order chi connectivity index (χ0) is 21.4. The average Bonchev–Trinajstić information content (AvgIpc) is 3.26. The van der Waals surface area contributed by atoms with Crippen molar-refractivity contribution in [1.29, 1.82) is 0 Å². The molecule has 0 spiro atoms. The second-order valence-corrected chi connectivity index (χ2v) is 8.55. The largest absolute Gasteiger partial charge is 0.497 e. The predicted molar refractivity (Wildman–Crippen MR) is 119 cm³/mol. The van der Waals surface area contributed by atoms with E-state index < -0.39 is 0 Å². The van der Waals surface area contributed by atoms with Crippen molar-refractivity contribution in [2.24, 2.45) is 5.92 Å². The highest BCUT2D eigenvalue weighted by Crippen LogP contribution is 2.47. The second kappa shape index (κ2) is 8.14. The van der Waals surface area contributed by atoms with Crippen LogP contribution in [-0.4, -0.2) is 30.3 Å². The van der Waals surface area contributed by atoms with E-state index in [0.717, 1.165) is 27.7 Å². The number of H-pyrrole nitrogens is 1. The lowest BCUT2D eigenvalue weighted by Gasteiger charge is -2.28. The summed E-state index contributed by atoms with van der Waals surface area (Å²) in [4.78, 5) is 15.3. The summed E-state index contributed by atoms with van der Waals surface area (Å²) in [5.74, 6) is 1.53. The van der Waals surface area contributed by atoms with E-state index in [2.05, 4.69) is 40.0 Å². The Balaban J connectivity index is 1.93. The van der Waals surface area contributed by atoms with Crippen LogP contribution >= 0.6 is 15.9 Å². The van der Waals surface area contributed by atoms with Gasteiger partial charge in [-0.25, -0.2) is 0 Å². The number of benzene rings is 2. The fraction of sp³-hybridized carbons (Fsp3) is 0.304. The summed E-state index contributed by atoms with van der Waals surface area (Å²) < 4.78 is 11.9. The number of hydrogen-bond acceptors (Lipinski definition) is 4. The maximum atomic E-state index is 13.6. The van der Waals surface area contributed by atoms with Crippen molar-refractivity contribution < 1.29 is 14.3 Å². The summed E-state index contributed by atoms with van der Waals surface area (Å²) in [5, 5.41) is 7.49. The zero-order valence-corrected chi connectivity index (χ0v) is 19.0. The summed E-state index contributed by atoms with van der Waals surface area (Å²) in [6, 6.07) is 13.1. The number of methoxy groups -OCH3 is 2. The average molecular weight is 470 g/mol. The third-order valence-corrected chi connectivity index (χ3v) is 6.02. The van der Waals surface area contributed by atoms with Crippen LogP contribution < -0.4 is 14.4 Å². The zero-order valence-electron chi connectivity index (χ0n) is 17.4. The fourth-order valence-corrected chi connectivity index (χ4v) is 4.48. The molecule has 1 unspecified atom stereocenters. The van der Waals surface area contributed by atoms with Gasteiger partial charge < -0.3 is 9.47 Å². The Labute approximate surface area is 184 Å². The van der Waals surface area contributed by atoms with Crippen LogP contribution in [0.2, 0.25) is 0 Å². The van der Waals surface area contributed by atoms with E-state index in [9.17, 15) is 4.79 Å². The topological polar surface area (TPSA) is 67.5 Å². The minimum absolute atomic E-state index is 0.128. The molecule has 156 valence electrons. The van der Waals surface area contributed by atoms with Gasteiger partial charge in [0.1, 0.15) is 17.2 Å². The third-order valence-electron chi connectivity index (χ3n) is 5.30. The minimum atomic E-state index is -0.321. The molecule has 0 radical (unpaired) electrons. The van der Waals surface area contributed by atoms with Gasteiger partial charge in [0.05, 0.1) is 31.6 Å². The molecule has 1 N–H and O–H groups in total. The Morgan fingerprint density at radius 2 is 1.93 bits per heavy atom. The maximum absolute atomic E-state index is 13.6. The molecule has 4 rings (SSSR count). The van der Waals surface area contributed by atoms with Crippen molar-refractivity contribution in [3.8, 4) is 11.5 Å². The lowest BCUT2D eigenvalue weighted by molar-refractivity contribution is 0.0988. The molecular weight excluding hydrogens is 446 g/mol. The molecule has 6 nitrogen and oxygen atoms in total. The molecule has 7 heteroatoms. The first-order chi connectivity index (χ1) is 14.5. The second-order valence-electron chi connectivity index (χ2n) is 7.69. The molecule has 0 bridgehead atoms. The number of ether oxygens (including phenoxy) is 2. The molecule has 3 aromatic rings. The molecule has 30 heavy (non-hydrogen) atoms. The number of aromatic nitrogens is 2. The van der Waals surface area contributed by atoms with Crippen LogP contribution in [0.4, 0.5) is 5.69 Å². The number of nitrogens with one attached hydrogen (secondary N) is 1.